The molecule has 0 radical (unpaired) electrons. The minimum absolute atomic E-state index is 0.476. The third-order valence-corrected chi connectivity index (χ3v) is 6.38. The predicted octanol–water partition coefficient (Wildman–Crippen LogP) is 1.98. The van der Waals surface area contributed by atoms with Crippen LogP contribution in [0, 0.1) is 23.7 Å². The van der Waals surface area contributed by atoms with Crippen LogP contribution in [0.15, 0.2) is 12.2 Å². The van der Waals surface area contributed by atoms with Crippen molar-refractivity contribution in [3.8, 4) is 0 Å². The maximum Gasteiger partial charge on any atom is 0.185 e. The van der Waals surface area contributed by atoms with Gasteiger partial charge in [-0.2, -0.15) is 0 Å². The second-order valence-corrected chi connectivity index (χ2v) is 8.18. The molecule has 0 aromatic rings. The van der Waals surface area contributed by atoms with Gasteiger partial charge >= 0.3 is 0 Å². The van der Waals surface area contributed by atoms with Crippen LogP contribution in [-0.4, -0.2) is 22.3 Å². The lowest BCUT2D eigenvalue weighted by atomic mass is 9.96. The monoisotopic (exact) mass is 336 g/mol. The molecule has 0 spiro atoms. The van der Waals surface area contributed by atoms with Gasteiger partial charge in [0.25, 0.3) is 0 Å². The predicted molar refractivity (Wildman–Crippen MR) is 96.1 cm³/mol. The van der Waals surface area contributed by atoms with Crippen LogP contribution in [0.25, 0.3) is 0 Å². The van der Waals surface area contributed by atoms with E-state index < -0.39 is 0 Å². The largest absolute Gasteiger partial charge is 0.358 e. The summed E-state index contributed by atoms with van der Waals surface area (Å²) in [5, 5.41) is 8.15. The van der Waals surface area contributed by atoms with E-state index in [1.807, 2.05) is 0 Å². The molecule has 3 fully saturated rings. The highest BCUT2D eigenvalue weighted by Gasteiger charge is 2.39. The lowest BCUT2D eigenvalue weighted by Gasteiger charge is -2.26. The Morgan fingerprint density at radius 2 is 1.59 bits per heavy atom. The molecule has 4 aliphatic rings. The second kappa shape index (κ2) is 5.96. The summed E-state index contributed by atoms with van der Waals surface area (Å²) in [4.78, 5) is 0. The molecule has 4 nitrogen and oxygen atoms in total. The SMILES string of the molecule is S=C(NNC(=S)N[C@H]1C[C@H]2C=C[C@H]1C2)N[C@H]1C[C@H]2CC[C@H]1C2. The van der Waals surface area contributed by atoms with E-state index in [1.54, 1.807) is 0 Å². The number of hydrazine groups is 1. The van der Waals surface area contributed by atoms with Crippen LogP contribution in [0.4, 0.5) is 0 Å². The molecule has 4 rings (SSSR count). The fourth-order valence-corrected chi connectivity index (χ4v) is 5.30. The van der Waals surface area contributed by atoms with Crippen LogP contribution in [0.1, 0.15) is 38.5 Å². The zero-order valence-corrected chi connectivity index (χ0v) is 14.3. The first-order valence-corrected chi connectivity index (χ1v) is 9.30. The maximum absolute atomic E-state index is 5.38. The Hall–Kier alpha value is -0.880. The number of fused-ring (bicyclic) bond motifs is 4. The number of hydrogen-bond donors (Lipinski definition) is 4. The molecular weight excluding hydrogens is 312 g/mol. The number of nitrogens with one attached hydrogen (secondary N) is 4. The van der Waals surface area contributed by atoms with Gasteiger partial charge in [-0.15, -0.1) is 0 Å². The Balaban J connectivity index is 1.17. The molecule has 0 saturated heterocycles. The van der Waals surface area contributed by atoms with Crippen molar-refractivity contribution in [2.45, 2.75) is 50.6 Å². The van der Waals surface area contributed by atoms with Crippen molar-refractivity contribution in [2.75, 3.05) is 0 Å². The van der Waals surface area contributed by atoms with Crippen molar-refractivity contribution in [1.29, 1.82) is 0 Å². The van der Waals surface area contributed by atoms with Crippen LogP contribution in [0.5, 0.6) is 0 Å². The molecule has 4 bridgehead atoms. The van der Waals surface area contributed by atoms with E-state index in [0.717, 1.165) is 17.8 Å². The van der Waals surface area contributed by atoms with Gasteiger partial charge in [0.1, 0.15) is 0 Å². The number of hydrogen-bond acceptors (Lipinski definition) is 2. The standard InChI is InChI=1S/C16H24N4S2/c21-15(17-13-7-9-1-3-11(13)5-9)19-20-16(22)18-14-8-10-2-4-12(14)6-10/h1,3,9-14H,2,4-8H2,(H2,17,19,21)(H2,18,20,22)/t9-,10-,11-,12-,13-,14-/m0/s1. The van der Waals surface area contributed by atoms with Crippen molar-refractivity contribution < 1.29 is 0 Å². The topological polar surface area (TPSA) is 48.1 Å². The van der Waals surface area contributed by atoms with Crippen LogP contribution < -0.4 is 21.5 Å². The van der Waals surface area contributed by atoms with E-state index in [9.17, 15) is 0 Å². The minimum atomic E-state index is 0.476. The van der Waals surface area contributed by atoms with Crippen molar-refractivity contribution in [3.05, 3.63) is 12.2 Å². The van der Waals surface area contributed by atoms with Gasteiger partial charge in [0.15, 0.2) is 10.2 Å². The number of thiocarbonyl (C=S) groups is 2. The molecule has 4 N–H and O–H groups in total. The van der Waals surface area contributed by atoms with Crippen molar-refractivity contribution >= 4 is 34.7 Å². The smallest absolute Gasteiger partial charge is 0.185 e. The highest BCUT2D eigenvalue weighted by Crippen LogP contribution is 2.44. The number of allylic oxidation sites excluding steroid dienone is 1. The van der Waals surface area contributed by atoms with E-state index in [4.69, 9.17) is 24.4 Å². The molecule has 4 aliphatic carbocycles. The molecule has 6 atom stereocenters. The van der Waals surface area contributed by atoms with Crippen molar-refractivity contribution in [3.63, 3.8) is 0 Å². The first-order chi connectivity index (χ1) is 10.7. The Bertz CT molecular complexity index is 506. The van der Waals surface area contributed by atoms with Gasteiger partial charge in [-0.3, -0.25) is 10.9 Å². The van der Waals surface area contributed by atoms with Gasteiger partial charge in [-0.25, -0.2) is 0 Å². The molecule has 0 aromatic carbocycles. The fraction of sp³-hybridized carbons (Fsp3) is 0.750. The molecule has 0 aliphatic heterocycles. The summed E-state index contributed by atoms with van der Waals surface area (Å²) in [6.45, 7) is 0. The number of rotatable bonds is 2. The van der Waals surface area contributed by atoms with Gasteiger partial charge in [-0.05, 0) is 80.2 Å². The van der Waals surface area contributed by atoms with E-state index in [1.165, 1.54) is 38.5 Å². The summed E-state index contributed by atoms with van der Waals surface area (Å²) in [6.07, 6.45) is 12.5. The van der Waals surface area contributed by atoms with E-state index in [2.05, 4.69) is 33.6 Å². The molecule has 3 saturated carbocycles. The summed E-state index contributed by atoms with van der Waals surface area (Å²) in [7, 11) is 0. The maximum atomic E-state index is 5.38. The summed E-state index contributed by atoms with van der Waals surface area (Å²) < 4.78 is 0. The fourth-order valence-electron chi connectivity index (χ4n) is 4.89. The molecule has 0 unspecified atom stereocenters. The third-order valence-electron chi connectivity index (χ3n) is 5.94. The van der Waals surface area contributed by atoms with Crippen LogP contribution >= 0.6 is 24.4 Å². The van der Waals surface area contributed by atoms with Gasteiger partial charge in [0.2, 0.25) is 0 Å². The second-order valence-electron chi connectivity index (χ2n) is 7.37. The zero-order valence-electron chi connectivity index (χ0n) is 12.7. The molecule has 0 heterocycles. The lowest BCUT2D eigenvalue weighted by molar-refractivity contribution is 0.388. The molecule has 6 heteroatoms. The molecular formula is C16H24N4S2. The third kappa shape index (κ3) is 2.95. The Kier molecular flexibility index (Phi) is 3.98. The average molecular weight is 337 g/mol. The summed E-state index contributed by atoms with van der Waals surface area (Å²) in [5.41, 5.74) is 6.06. The first kappa shape index (κ1) is 14.7. The van der Waals surface area contributed by atoms with Crippen LogP contribution in [-0.2, 0) is 0 Å². The van der Waals surface area contributed by atoms with Gasteiger partial charge in [-0.1, -0.05) is 18.6 Å². The molecule has 22 heavy (non-hydrogen) atoms. The highest BCUT2D eigenvalue weighted by molar-refractivity contribution is 7.80. The van der Waals surface area contributed by atoms with Crippen LogP contribution in [0.2, 0.25) is 0 Å². The minimum Gasteiger partial charge on any atom is -0.358 e. The van der Waals surface area contributed by atoms with E-state index >= 15 is 0 Å². The quantitative estimate of drug-likeness (QED) is 0.351. The molecule has 120 valence electrons. The first-order valence-electron chi connectivity index (χ1n) is 8.48. The normalized spacial score (nSPS) is 40.7. The van der Waals surface area contributed by atoms with Gasteiger partial charge < -0.3 is 10.6 Å². The Morgan fingerprint density at radius 1 is 0.818 bits per heavy atom. The Morgan fingerprint density at radius 3 is 2.14 bits per heavy atom. The Labute approximate surface area is 142 Å². The molecule has 0 amide bonds. The summed E-state index contributed by atoms with van der Waals surface area (Å²) in [5.74, 6) is 3.13. The summed E-state index contributed by atoms with van der Waals surface area (Å²) >= 11 is 10.7. The van der Waals surface area contributed by atoms with Crippen molar-refractivity contribution in [1.82, 2.24) is 21.5 Å². The van der Waals surface area contributed by atoms with Gasteiger partial charge in [0.05, 0.1) is 0 Å². The molecule has 0 aromatic heterocycles. The zero-order chi connectivity index (χ0) is 15.1. The van der Waals surface area contributed by atoms with Crippen molar-refractivity contribution in [2.24, 2.45) is 23.7 Å². The highest BCUT2D eigenvalue weighted by atomic mass is 32.1. The van der Waals surface area contributed by atoms with E-state index in [-0.39, 0.29) is 0 Å². The summed E-state index contributed by atoms with van der Waals surface area (Å²) in [6, 6.07) is 1.03. The average Bonchev–Trinajstić information content (AvgIpc) is 3.25. The van der Waals surface area contributed by atoms with E-state index in [0.29, 0.717) is 28.2 Å². The van der Waals surface area contributed by atoms with Gasteiger partial charge in [0, 0.05) is 12.1 Å². The lowest BCUT2D eigenvalue weighted by Crippen LogP contribution is -2.54. The van der Waals surface area contributed by atoms with Crippen LogP contribution in [0.3, 0.4) is 0 Å².